The summed E-state index contributed by atoms with van der Waals surface area (Å²) in [4.78, 5) is 28.6. The minimum atomic E-state index is -0.477. The normalized spacial score (nSPS) is 11.7. The van der Waals surface area contributed by atoms with Crippen molar-refractivity contribution in [1.82, 2.24) is 10.3 Å². The maximum Gasteiger partial charge on any atom is 0.407 e. The molecule has 0 saturated carbocycles. The Morgan fingerprint density at radius 3 is 2.44 bits per heavy atom. The van der Waals surface area contributed by atoms with Crippen molar-refractivity contribution in [2.75, 3.05) is 19.8 Å². The zero-order chi connectivity index (χ0) is 22.3. The van der Waals surface area contributed by atoms with Crippen LogP contribution in [0.4, 0.5) is 4.79 Å². The van der Waals surface area contributed by atoms with Gasteiger partial charge in [0.15, 0.2) is 5.69 Å². The van der Waals surface area contributed by atoms with Gasteiger partial charge in [-0.15, -0.1) is 11.3 Å². The summed E-state index contributed by atoms with van der Waals surface area (Å²) in [7, 11) is 0. The number of esters is 1. The number of carbonyl (C=O) groups excluding carboxylic acids is 2. The molecule has 0 saturated heterocycles. The van der Waals surface area contributed by atoms with Gasteiger partial charge < -0.3 is 14.8 Å². The monoisotopic (exact) mass is 446 g/mol. The SMILES string of the molecule is CCOC(=O)c1ncsc1C#CCCNC(=O)OCC1c2ccccc2-c2ccccc21. The molecular weight excluding hydrogens is 424 g/mol. The van der Waals surface area contributed by atoms with Gasteiger partial charge in [0, 0.05) is 18.9 Å². The molecule has 0 radical (unpaired) electrons. The number of rotatable bonds is 6. The molecule has 4 rings (SSSR count). The molecule has 162 valence electrons. The smallest absolute Gasteiger partial charge is 0.407 e. The van der Waals surface area contributed by atoms with Crippen molar-refractivity contribution in [3.63, 3.8) is 0 Å². The second kappa shape index (κ2) is 10.1. The fraction of sp³-hybridized carbons (Fsp3) is 0.240. The average molecular weight is 447 g/mol. The molecule has 0 unspecified atom stereocenters. The molecule has 6 nitrogen and oxygen atoms in total. The van der Waals surface area contributed by atoms with Crippen LogP contribution < -0.4 is 5.32 Å². The zero-order valence-electron chi connectivity index (χ0n) is 17.6. The van der Waals surface area contributed by atoms with E-state index in [0.717, 1.165) is 0 Å². The Bertz CT molecular complexity index is 1150. The van der Waals surface area contributed by atoms with Crippen molar-refractivity contribution in [3.8, 4) is 23.0 Å². The topological polar surface area (TPSA) is 77.5 Å². The van der Waals surface area contributed by atoms with Crippen molar-refractivity contribution in [2.24, 2.45) is 0 Å². The number of hydrogen-bond acceptors (Lipinski definition) is 6. The van der Waals surface area contributed by atoms with E-state index < -0.39 is 12.1 Å². The molecule has 1 aliphatic carbocycles. The van der Waals surface area contributed by atoms with E-state index in [1.165, 1.54) is 33.6 Å². The highest BCUT2D eigenvalue weighted by molar-refractivity contribution is 7.10. The van der Waals surface area contributed by atoms with Gasteiger partial charge in [-0.05, 0) is 29.2 Å². The number of aromatic nitrogens is 1. The van der Waals surface area contributed by atoms with Gasteiger partial charge in [-0.1, -0.05) is 60.4 Å². The summed E-state index contributed by atoms with van der Waals surface area (Å²) in [5, 5.41) is 2.72. The Kier molecular flexibility index (Phi) is 6.83. The molecule has 7 heteroatoms. The third-order valence-corrected chi connectivity index (χ3v) is 5.84. The first-order valence-electron chi connectivity index (χ1n) is 10.4. The summed E-state index contributed by atoms with van der Waals surface area (Å²) in [6.45, 7) is 2.64. The number of carbonyl (C=O) groups is 2. The molecule has 1 N–H and O–H groups in total. The van der Waals surface area contributed by atoms with Gasteiger partial charge in [0.25, 0.3) is 0 Å². The predicted octanol–water partition coefficient (Wildman–Crippen LogP) is 4.60. The fourth-order valence-electron chi connectivity index (χ4n) is 3.70. The summed E-state index contributed by atoms with van der Waals surface area (Å²) in [5.41, 5.74) is 6.53. The summed E-state index contributed by atoms with van der Waals surface area (Å²) in [6.07, 6.45) is -0.0525. The molecule has 32 heavy (non-hydrogen) atoms. The van der Waals surface area contributed by atoms with E-state index in [1.54, 1.807) is 12.4 Å². The number of nitrogens with zero attached hydrogens (tertiary/aromatic N) is 1. The number of thiazole rings is 1. The van der Waals surface area contributed by atoms with Gasteiger partial charge in [-0.2, -0.15) is 0 Å². The minimum Gasteiger partial charge on any atom is -0.461 e. The van der Waals surface area contributed by atoms with Crippen molar-refractivity contribution in [3.05, 3.63) is 75.7 Å². The van der Waals surface area contributed by atoms with Crippen molar-refractivity contribution in [2.45, 2.75) is 19.3 Å². The molecule has 0 bridgehead atoms. The Hall–Kier alpha value is -3.63. The molecule has 3 aromatic rings. The van der Waals surface area contributed by atoms with Gasteiger partial charge in [0.05, 0.1) is 12.1 Å². The molecule has 1 aromatic heterocycles. The highest BCUT2D eigenvalue weighted by Crippen LogP contribution is 2.44. The first-order valence-corrected chi connectivity index (χ1v) is 11.2. The number of fused-ring (bicyclic) bond motifs is 3. The standard InChI is InChI=1S/C25H22N2O4S/c1-2-30-24(28)23-22(32-16-27-23)13-7-8-14-26-25(29)31-15-21-19-11-5-3-9-17(19)18-10-4-6-12-20(18)21/h3-6,9-12,16,21H,2,8,14-15H2,1H3,(H,26,29). The van der Waals surface area contributed by atoms with E-state index >= 15 is 0 Å². The zero-order valence-corrected chi connectivity index (χ0v) is 18.4. The van der Waals surface area contributed by atoms with Crippen LogP contribution in [-0.4, -0.2) is 36.8 Å². The Balaban J connectivity index is 1.27. The molecule has 0 spiro atoms. The van der Waals surface area contributed by atoms with Crippen molar-refractivity contribution in [1.29, 1.82) is 0 Å². The summed E-state index contributed by atoms with van der Waals surface area (Å²) < 4.78 is 10.5. The van der Waals surface area contributed by atoms with Crippen LogP contribution >= 0.6 is 11.3 Å². The molecule has 1 amide bonds. The van der Waals surface area contributed by atoms with Gasteiger partial charge in [0.1, 0.15) is 11.5 Å². The summed E-state index contributed by atoms with van der Waals surface area (Å²) >= 11 is 1.28. The lowest BCUT2D eigenvalue weighted by atomic mass is 9.98. The van der Waals surface area contributed by atoms with Crippen LogP contribution in [0.5, 0.6) is 0 Å². The maximum absolute atomic E-state index is 12.2. The summed E-state index contributed by atoms with van der Waals surface area (Å²) in [6, 6.07) is 16.4. The van der Waals surface area contributed by atoms with Crippen LogP contribution in [-0.2, 0) is 9.47 Å². The number of benzene rings is 2. The third-order valence-electron chi connectivity index (χ3n) is 5.10. The van der Waals surface area contributed by atoms with Gasteiger partial charge >= 0.3 is 12.1 Å². The van der Waals surface area contributed by atoms with Crippen LogP contribution in [0.15, 0.2) is 54.0 Å². The second-order valence-corrected chi connectivity index (χ2v) is 7.91. The Labute approximate surface area is 190 Å². The first kappa shape index (κ1) is 21.6. The minimum absolute atomic E-state index is 0.0283. The maximum atomic E-state index is 12.2. The van der Waals surface area contributed by atoms with Crippen molar-refractivity contribution >= 4 is 23.4 Å². The molecule has 2 aromatic carbocycles. The van der Waals surface area contributed by atoms with E-state index in [0.29, 0.717) is 17.8 Å². The van der Waals surface area contributed by atoms with Gasteiger partial charge in [-0.3, -0.25) is 0 Å². The molecule has 0 atom stereocenters. The van der Waals surface area contributed by atoms with E-state index in [4.69, 9.17) is 9.47 Å². The number of nitrogens with one attached hydrogen (secondary N) is 1. The number of alkyl carbamates (subject to hydrolysis) is 1. The lowest BCUT2D eigenvalue weighted by Crippen LogP contribution is -2.26. The highest BCUT2D eigenvalue weighted by atomic mass is 32.1. The number of amides is 1. The fourth-order valence-corrected chi connectivity index (χ4v) is 4.34. The molecule has 1 heterocycles. The molecular formula is C25H22N2O4S. The van der Waals surface area contributed by atoms with Crippen LogP contribution in [0.3, 0.4) is 0 Å². The van der Waals surface area contributed by atoms with Crippen LogP contribution in [0.25, 0.3) is 11.1 Å². The number of ether oxygens (including phenoxy) is 2. The molecule has 0 aliphatic heterocycles. The average Bonchev–Trinajstić information content (AvgIpc) is 3.40. The van der Waals surface area contributed by atoms with Crippen LogP contribution in [0.1, 0.15) is 45.8 Å². The van der Waals surface area contributed by atoms with Gasteiger partial charge in [0.2, 0.25) is 0 Å². The van der Waals surface area contributed by atoms with Crippen molar-refractivity contribution < 1.29 is 19.1 Å². The quantitative estimate of drug-likeness (QED) is 0.340. The molecule has 1 aliphatic rings. The second-order valence-electron chi connectivity index (χ2n) is 7.05. The number of hydrogen-bond donors (Lipinski definition) is 1. The summed E-state index contributed by atoms with van der Waals surface area (Å²) in [5.74, 6) is 5.42. The lowest BCUT2D eigenvalue weighted by molar-refractivity contribution is 0.0520. The van der Waals surface area contributed by atoms with Crippen LogP contribution in [0.2, 0.25) is 0 Å². The first-order chi connectivity index (χ1) is 15.7. The van der Waals surface area contributed by atoms with E-state index in [9.17, 15) is 9.59 Å². The van der Waals surface area contributed by atoms with E-state index in [1.807, 2.05) is 24.3 Å². The van der Waals surface area contributed by atoms with Gasteiger partial charge in [-0.25, -0.2) is 14.6 Å². The molecule has 0 fully saturated rings. The van der Waals surface area contributed by atoms with E-state index in [-0.39, 0.29) is 24.8 Å². The Morgan fingerprint density at radius 1 is 1.06 bits per heavy atom. The van der Waals surface area contributed by atoms with Crippen LogP contribution in [0, 0.1) is 11.8 Å². The van der Waals surface area contributed by atoms with E-state index in [2.05, 4.69) is 46.4 Å². The highest BCUT2D eigenvalue weighted by Gasteiger charge is 2.28. The Morgan fingerprint density at radius 2 is 1.75 bits per heavy atom. The predicted molar refractivity (Wildman–Crippen MR) is 123 cm³/mol. The third kappa shape index (κ3) is 4.66. The lowest BCUT2D eigenvalue weighted by Gasteiger charge is -2.14. The largest absolute Gasteiger partial charge is 0.461 e.